The molecular weight excluding hydrogens is 200 g/mol. The van der Waals surface area contributed by atoms with E-state index in [1.807, 2.05) is 13.8 Å². The smallest absolute Gasteiger partial charge is 0.114 e. The van der Waals surface area contributed by atoms with Crippen LogP contribution < -0.4 is 0 Å². The molecule has 1 rings (SSSR count). The lowest BCUT2D eigenvalue weighted by molar-refractivity contribution is -0.212. The Bertz CT molecular complexity index is 164. The molecule has 1 heterocycles. The van der Waals surface area contributed by atoms with Gasteiger partial charge in [-0.1, -0.05) is 0 Å². The first-order valence-electron chi connectivity index (χ1n) is 5.03. The lowest BCUT2D eigenvalue weighted by Crippen LogP contribution is -2.54. The van der Waals surface area contributed by atoms with E-state index in [2.05, 4.69) is 0 Å². The maximum Gasteiger partial charge on any atom is 0.114 e. The Morgan fingerprint density at radius 1 is 1.20 bits per heavy atom. The number of hydrogen-bond acceptors (Lipinski definition) is 4. The summed E-state index contributed by atoms with van der Waals surface area (Å²) in [5.74, 6) is 0. The SMILES string of the molecule is CCO[C@@H]1[C@@H](OC)[C@H](C)OC[C@@H]1OC.O. The quantitative estimate of drug-likeness (QED) is 0.672. The highest BCUT2D eigenvalue weighted by atomic mass is 16.6. The molecule has 0 amide bonds. The van der Waals surface area contributed by atoms with Gasteiger partial charge in [0.2, 0.25) is 0 Å². The first-order chi connectivity index (χ1) is 6.74. The molecule has 0 saturated carbocycles. The molecule has 2 N–H and O–H groups in total. The zero-order valence-corrected chi connectivity index (χ0v) is 9.86. The minimum atomic E-state index is -0.0475. The molecular formula is C10H22O5. The van der Waals surface area contributed by atoms with Crippen LogP contribution in [0.1, 0.15) is 13.8 Å². The van der Waals surface area contributed by atoms with E-state index in [4.69, 9.17) is 18.9 Å². The van der Waals surface area contributed by atoms with Crippen LogP contribution in [0.2, 0.25) is 0 Å². The predicted octanol–water partition coefficient (Wildman–Crippen LogP) is 0.0155. The zero-order valence-electron chi connectivity index (χ0n) is 9.86. The van der Waals surface area contributed by atoms with Crippen LogP contribution in [0, 0.1) is 0 Å². The van der Waals surface area contributed by atoms with Crippen molar-refractivity contribution >= 4 is 0 Å². The highest BCUT2D eigenvalue weighted by molar-refractivity contribution is 4.87. The van der Waals surface area contributed by atoms with Crippen molar-refractivity contribution in [2.24, 2.45) is 0 Å². The Morgan fingerprint density at radius 3 is 2.33 bits per heavy atom. The summed E-state index contributed by atoms with van der Waals surface area (Å²) in [6.45, 7) is 5.20. The van der Waals surface area contributed by atoms with Crippen LogP contribution in [0.25, 0.3) is 0 Å². The summed E-state index contributed by atoms with van der Waals surface area (Å²) < 4.78 is 21.8. The molecule has 0 aromatic heterocycles. The maximum atomic E-state index is 5.63. The topological polar surface area (TPSA) is 68.4 Å². The zero-order chi connectivity index (χ0) is 10.6. The molecule has 0 aliphatic carbocycles. The standard InChI is InChI=1S/C10H20O4.H2O/c1-5-13-10-8(11-3)6-14-7(2)9(10)12-4;/h7-10H,5-6H2,1-4H3;1H2/t7-,8-,9-,10-;/m0./s1. The van der Waals surface area contributed by atoms with E-state index in [9.17, 15) is 0 Å². The molecule has 1 saturated heterocycles. The fourth-order valence-electron chi connectivity index (χ4n) is 1.84. The van der Waals surface area contributed by atoms with E-state index >= 15 is 0 Å². The summed E-state index contributed by atoms with van der Waals surface area (Å²) in [4.78, 5) is 0. The molecule has 0 aromatic rings. The third-order valence-electron chi connectivity index (χ3n) is 2.61. The molecule has 0 unspecified atom stereocenters. The molecule has 0 radical (unpaired) electrons. The fourth-order valence-corrected chi connectivity index (χ4v) is 1.84. The Labute approximate surface area is 91.0 Å². The lowest BCUT2D eigenvalue weighted by Gasteiger charge is -2.39. The highest BCUT2D eigenvalue weighted by Crippen LogP contribution is 2.22. The average Bonchev–Trinajstić information content (AvgIpc) is 2.19. The molecule has 1 aliphatic rings. The van der Waals surface area contributed by atoms with Gasteiger partial charge in [-0.25, -0.2) is 0 Å². The number of rotatable bonds is 4. The largest absolute Gasteiger partial charge is 0.412 e. The first-order valence-corrected chi connectivity index (χ1v) is 5.03. The van der Waals surface area contributed by atoms with Gasteiger partial charge in [-0.3, -0.25) is 0 Å². The average molecular weight is 222 g/mol. The molecule has 0 bridgehead atoms. The van der Waals surface area contributed by atoms with Crippen LogP contribution in [0.5, 0.6) is 0 Å². The number of ether oxygens (including phenoxy) is 4. The summed E-state index contributed by atoms with van der Waals surface area (Å²) in [6.07, 6.45) is -0.0496. The second kappa shape index (κ2) is 7.14. The Kier molecular flexibility index (Phi) is 7.04. The van der Waals surface area contributed by atoms with Crippen LogP contribution in [0.3, 0.4) is 0 Å². The Balaban J connectivity index is 0.00000196. The van der Waals surface area contributed by atoms with E-state index in [1.165, 1.54) is 0 Å². The molecule has 1 aliphatic heterocycles. The molecule has 5 heteroatoms. The summed E-state index contributed by atoms with van der Waals surface area (Å²) >= 11 is 0. The van der Waals surface area contributed by atoms with Crippen LogP contribution in [0.4, 0.5) is 0 Å². The van der Waals surface area contributed by atoms with Crippen molar-refractivity contribution in [1.29, 1.82) is 0 Å². The predicted molar refractivity (Wildman–Crippen MR) is 56.0 cm³/mol. The molecule has 4 atom stereocenters. The van der Waals surface area contributed by atoms with Gasteiger partial charge in [-0.15, -0.1) is 0 Å². The Hall–Kier alpha value is -0.200. The Morgan fingerprint density at radius 2 is 1.87 bits per heavy atom. The van der Waals surface area contributed by atoms with Gasteiger partial charge in [-0.2, -0.15) is 0 Å². The van der Waals surface area contributed by atoms with Crippen molar-refractivity contribution in [1.82, 2.24) is 0 Å². The normalized spacial score (nSPS) is 36.0. The van der Waals surface area contributed by atoms with E-state index in [1.54, 1.807) is 14.2 Å². The van der Waals surface area contributed by atoms with Crippen LogP contribution in [-0.4, -0.2) is 57.3 Å². The van der Waals surface area contributed by atoms with Gasteiger partial charge < -0.3 is 24.4 Å². The highest BCUT2D eigenvalue weighted by Gasteiger charge is 2.39. The fraction of sp³-hybridized carbons (Fsp3) is 1.00. The van der Waals surface area contributed by atoms with E-state index in [0.29, 0.717) is 13.2 Å². The first kappa shape index (κ1) is 14.8. The molecule has 15 heavy (non-hydrogen) atoms. The van der Waals surface area contributed by atoms with E-state index < -0.39 is 0 Å². The van der Waals surface area contributed by atoms with Crippen LogP contribution >= 0.6 is 0 Å². The van der Waals surface area contributed by atoms with Crippen molar-refractivity contribution < 1.29 is 24.4 Å². The van der Waals surface area contributed by atoms with Crippen LogP contribution in [0.15, 0.2) is 0 Å². The summed E-state index contributed by atoms with van der Waals surface area (Å²) in [5, 5.41) is 0. The monoisotopic (exact) mass is 222 g/mol. The van der Waals surface area contributed by atoms with Crippen LogP contribution in [-0.2, 0) is 18.9 Å². The minimum absolute atomic E-state index is 0. The van der Waals surface area contributed by atoms with Gasteiger partial charge in [0.15, 0.2) is 0 Å². The summed E-state index contributed by atoms with van der Waals surface area (Å²) in [6, 6.07) is 0. The summed E-state index contributed by atoms with van der Waals surface area (Å²) in [7, 11) is 3.34. The van der Waals surface area contributed by atoms with Gasteiger partial charge in [0.25, 0.3) is 0 Å². The van der Waals surface area contributed by atoms with Crippen molar-refractivity contribution in [2.75, 3.05) is 27.4 Å². The van der Waals surface area contributed by atoms with Crippen molar-refractivity contribution in [3.63, 3.8) is 0 Å². The van der Waals surface area contributed by atoms with Gasteiger partial charge in [0.1, 0.15) is 18.3 Å². The molecule has 92 valence electrons. The third kappa shape index (κ3) is 3.39. The number of hydrogen-bond donors (Lipinski definition) is 0. The van der Waals surface area contributed by atoms with Gasteiger partial charge in [-0.05, 0) is 13.8 Å². The van der Waals surface area contributed by atoms with Gasteiger partial charge in [0.05, 0.1) is 12.7 Å². The second-order valence-corrected chi connectivity index (χ2v) is 3.43. The second-order valence-electron chi connectivity index (χ2n) is 3.43. The van der Waals surface area contributed by atoms with Gasteiger partial charge >= 0.3 is 0 Å². The molecule has 5 nitrogen and oxygen atoms in total. The van der Waals surface area contributed by atoms with E-state index in [0.717, 1.165) is 0 Å². The molecule has 0 aromatic carbocycles. The number of methoxy groups -OCH3 is 2. The van der Waals surface area contributed by atoms with E-state index in [-0.39, 0.29) is 29.9 Å². The summed E-state index contributed by atoms with van der Waals surface area (Å²) in [5.41, 5.74) is 0. The van der Waals surface area contributed by atoms with Crippen molar-refractivity contribution in [2.45, 2.75) is 38.3 Å². The molecule has 0 spiro atoms. The third-order valence-corrected chi connectivity index (χ3v) is 2.61. The van der Waals surface area contributed by atoms with Gasteiger partial charge in [0, 0.05) is 20.8 Å². The lowest BCUT2D eigenvalue weighted by atomic mass is 10.0. The minimum Gasteiger partial charge on any atom is -0.412 e. The van der Waals surface area contributed by atoms with Crippen molar-refractivity contribution in [3.8, 4) is 0 Å². The van der Waals surface area contributed by atoms with Crippen molar-refractivity contribution in [3.05, 3.63) is 0 Å². The molecule has 1 fully saturated rings. The maximum absolute atomic E-state index is 5.63.